The lowest BCUT2D eigenvalue weighted by molar-refractivity contribution is 0.112. The third kappa shape index (κ3) is 2.84. The molecular formula is C14H13NO2. The van der Waals surface area contributed by atoms with Crippen LogP contribution in [-0.2, 0) is 6.61 Å². The van der Waals surface area contributed by atoms with E-state index < -0.39 is 0 Å². The van der Waals surface area contributed by atoms with Crippen molar-refractivity contribution in [2.75, 3.05) is 5.73 Å². The number of hydrogen-bond donors (Lipinski definition) is 1. The Balaban J connectivity index is 2.05. The van der Waals surface area contributed by atoms with Gasteiger partial charge < -0.3 is 10.5 Å². The molecule has 0 bridgehead atoms. The smallest absolute Gasteiger partial charge is 0.152 e. The number of nitrogen functional groups attached to an aromatic ring is 1. The summed E-state index contributed by atoms with van der Waals surface area (Å²) >= 11 is 0. The maximum absolute atomic E-state index is 10.6. The Morgan fingerprint density at radius 1 is 1.12 bits per heavy atom. The number of carbonyl (C=O) groups is 1. The van der Waals surface area contributed by atoms with Gasteiger partial charge in [0.15, 0.2) is 6.29 Å². The largest absolute Gasteiger partial charge is 0.489 e. The van der Waals surface area contributed by atoms with Crippen molar-refractivity contribution in [2.24, 2.45) is 0 Å². The van der Waals surface area contributed by atoms with E-state index >= 15 is 0 Å². The van der Waals surface area contributed by atoms with Crippen LogP contribution < -0.4 is 10.5 Å². The van der Waals surface area contributed by atoms with Crippen molar-refractivity contribution in [3.63, 3.8) is 0 Å². The van der Waals surface area contributed by atoms with Crippen molar-refractivity contribution in [1.29, 1.82) is 0 Å². The average Bonchev–Trinajstić information content (AvgIpc) is 2.38. The molecule has 0 aliphatic rings. The first kappa shape index (κ1) is 11.2. The van der Waals surface area contributed by atoms with Crippen LogP contribution in [0.3, 0.4) is 0 Å². The molecule has 2 N–H and O–H groups in total. The van der Waals surface area contributed by atoms with Gasteiger partial charge in [0.2, 0.25) is 0 Å². The van der Waals surface area contributed by atoms with Gasteiger partial charge in [-0.15, -0.1) is 0 Å². The quantitative estimate of drug-likeness (QED) is 0.645. The molecule has 0 saturated carbocycles. The lowest BCUT2D eigenvalue weighted by Gasteiger charge is -2.07. The summed E-state index contributed by atoms with van der Waals surface area (Å²) < 4.78 is 5.58. The van der Waals surface area contributed by atoms with E-state index in [9.17, 15) is 4.79 Å². The van der Waals surface area contributed by atoms with Crippen molar-refractivity contribution in [3.8, 4) is 5.75 Å². The summed E-state index contributed by atoms with van der Waals surface area (Å²) in [6.45, 7) is 0.487. The third-order valence-corrected chi connectivity index (χ3v) is 2.43. The molecule has 3 nitrogen and oxygen atoms in total. The second-order valence-electron chi connectivity index (χ2n) is 3.68. The van der Waals surface area contributed by atoms with E-state index in [2.05, 4.69) is 0 Å². The van der Waals surface area contributed by atoms with Crippen LogP contribution in [0.25, 0.3) is 0 Å². The van der Waals surface area contributed by atoms with E-state index in [1.165, 1.54) is 0 Å². The molecule has 2 aromatic rings. The van der Waals surface area contributed by atoms with Gasteiger partial charge in [0.1, 0.15) is 12.4 Å². The summed E-state index contributed by atoms with van der Waals surface area (Å²) in [5.74, 6) is 0.664. The molecule has 0 aliphatic heterocycles. The first-order valence-electron chi connectivity index (χ1n) is 5.31. The lowest BCUT2D eigenvalue weighted by Crippen LogP contribution is -1.98. The van der Waals surface area contributed by atoms with Crippen LogP contribution in [0.2, 0.25) is 0 Å². The molecule has 0 atom stereocenters. The van der Waals surface area contributed by atoms with Gasteiger partial charge in [-0.25, -0.2) is 0 Å². The minimum absolute atomic E-state index is 0.436. The molecule has 0 fully saturated rings. The van der Waals surface area contributed by atoms with Gasteiger partial charge in [-0.3, -0.25) is 4.79 Å². The van der Waals surface area contributed by atoms with Gasteiger partial charge in [0.05, 0.1) is 0 Å². The Kier molecular flexibility index (Phi) is 3.40. The third-order valence-electron chi connectivity index (χ3n) is 2.43. The molecule has 0 aliphatic carbocycles. The molecule has 3 heteroatoms. The Hall–Kier alpha value is -2.29. The summed E-state index contributed by atoms with van der Waals surface area (Å²) in [6.07, 6.45) is 0.732. The van der Waals surface area contributed by atoms with Crippen LogP contribution in [-0.4, -0.2) is 6.29 Å². The molecule has 0 unspecified atom stereocenters. The maximum Gasteiger partial charge on any atom is 0.152 e. The molecule has 0 spiro atoms. The van der Waals surface area contributed by atoms with E-state index in [0.717, 1.165) is 11.8 Å². The van der Waals surface area contributed by atoms with E-state index in [1.54, 1.807) is 18.2 Å². The summed E-state index contributed by atoms with van der Waals surface area (Å²) in [6, 6.07) is 14.9. The van der Waals surface area contributed by atoms with Crippen LogP contribution in [0.15, 0.2) is 48.5 Å². The number of aldehydes is 1. The summed E-state index contributed by atoms with van der Waals surface area (Å²) in [4.78, 5) is 10.6. The van der Waals surface area contributed by atoms with E-state index in [4.69, 9.17) is 10.5 Å². The second kappa shape index (κ2) is 5.16. The molecule has 17 heavy (non-hydrogen) atoms. The maximum atomic E-state index is 10.6. The minimum atomic E-state index is 0.436. The van der Waals surface area contributed by atoms with Crippen molar-refractivity contribution in [3.05, 3.63) is 59.7 Å². The van der Waals surface area contributed by atoms with Gasteiger partial charge in [-0.05, 0) is 17.7 Å². The number of carbonyl (C=O) groups excluding carboxylic acids is 1. The predicted octanol–water partition coefficient (Wildman–Crippen LogP) is 2.66. The first-order chi connectivity index (χ1) is 8.29. The highest BCUT2D eigenvalue weighted by Crippen LogP contribution is 2.19. The minimum Gasteiger partial charge on any atom is -0.489 e. The SMILES string of the molecule is Nc1cc(OCc2ccccc2)ccc1C=O. The number of benzene rings is 2. The van der Waals surface area contributed by atoms with Crippen LogP contribution in [0.5, 0.6) is 5.75 Å². The molecule has 0 radical (unpaired) electrons. The lowest BCUT2D eigenvalue weighted by atomic mass is 10.2. The zero-order chi connectivity index (χ0) is 12.1. The number of rotatable bonds is 4. The fourth-order valence-corrected chi connectivity index (χ4v) is 1.49. The monoisotopic (exact) mass is 227 g/mol. The highest BCUT2D eigenvalue weighted by molar-refractivity contribution is 5.83. The van der Waals surface area contributed by atoms with Crippen LogP contribution in [0, 0.1) is 0 Å². The molecule has 2 rings (SSSR count). The Bertz CT molecular complexity index is 509. The van der Waals surface area contributed by atoms with Gasteiger partial charge in [-0.1, -0.05) is 30.3 Å². The normalized spacial score (nSPS) is 9.88. The molecule has 2 aromatic carbocycles. The number of nitrogens with two attached hydrogens (primary N) is 1. The van der Waals surface area contributed by atoms with Crippen molar-refractivity contribution >= 4 is 12.0 Å². The predicted molar refractivity (Wildman–Crippen MR) is 67.0 cm³/mol. The topological polar surface area (TPSA) is 52.3 Å². The van der Waals surface area contributed by atoms with Gasteiger partial charge in [0, 0.05) is 17.3 Å². The van der Waals surface area contributed by atoms with Crippen LogP contribution in [0.1, 0.15) is 15.9 Å². The Morgan fingerprint density at radius 3 is 2.53 bits per heavy atom. The summed E-state index contributed by atoms with van der Waals surface area (Å²) in [5, 5.41) is 0. The zero-order valence-corrected chi connectivity index (χ0v) is 9.30. The number of anilines is 1. The average molecular weight is 227 g/mol. The fraction of sp³-hybridized carbons (Fsp3) is 0.0714. The van der Waals surface area contributed by atoms with E-state index in [-0.39, 0.29) is 0 Å². The Morgan fingerprint density at radius 2 is 1.88 bits per heavy atom. The summed E-state index contributed by atoms with van der Waals surface area (Å²) in [5.41, 5.74) is 7.70. The standard InChI is InChI=1S/C14H13NO2/c15-14-8-13(7-6-12(14)9-16)17-10-11-4-2-1-3-5-11/h1-9H,10,15H2. The molecule has 0 saturated heterocycles. The van der Waals surface area contributed by atoms with E-state index in [1.807, 2.05) is 30.3 Å². The van der Waals surface area contributed by atoms with Crippen LogP contribution in [0.4, 0.5) is 5.69 Å². The van der Waals surface area contributed by atoms with Crippen molar-refractivity contribution in [1.82, 2.24) is 0 Å². The van der Waals surface area contributed by atoms with E-state index in [0.29, 0.717) is 23.6 Å². The fourth-order valence-electron chi connectivity index (χ4n) is 1.49. The number of ether oxygens (including phenoxy) is 1. The molecule has 86 valence electrons. The second-order valence-corrected chi connectivity index (χ2v) is 3.68. The van der Waals surface area contributed by atoms with Gasteiger partial charge in [0.25, 0.3) is 0 Å². The van der Waals surface area contributed by atoms with Crippen molar-refractivity contribution < 1.29 is 9.53 Å². The summed E-state index contributed by atoms with van der Waals surface area (Å²) in [7, 11) is 0. The first-order valence-corrected chi connectivity index (χ1v) is 5.31. The van der Waals surface area contributed by atoms with Gasteiger partial charge >= 0.3 is 0 Å². The molecule has 0 amide bonds. The number of hydrogen-bond acceptors (Lipinski definition) is 3. The van der Waals surface area contributed by atoms with Gasteiger partial charge in [-0.2, -0.15) is 0 Å². The molecule has 0 aromatic heterocycles. The molecule has 0 heterocycles. The highest BCUT2D eigenvalue weighted by Gasteiger charge is 2.00. The highest BCUT2D eigenvalue weighted by atomic mass is 16.5. The molecular weight excluding hydrogens is 214 g/mol. The van der Waals surface area contributed by atoms with Crippen LogP contribution >= 0.6 is 0 Å². The Labute approximate surface area is 99.8 Å². The van der Waals surface area contributed by atoms with Crippen molar-refractivity contribution in [2.45, 2.75) is 6.61 Å². The zero-order valence-electron chi connectivity index (χ0n) is 9.30.